The molecular formula is C13H7Br2FO2. The number of rotatable bonds is 2. The Bertz CT molecular complexity index is 626. The van der Waals surface area contributed by atoms with E-state index in [0.717, 1.165) is 4.47 Å². The minimum absolute atomic E-state index is 0.104. The maximum absolute atomic E-state index is 13.7. The maximum Gasteiger partial charge on any atom is 0.336 e. The first-order valence-electron chi connectivity index (χ1n) is 4.97. The lowest BCUT2D eigenvalue weighted by molar-refractivity contribution is 0.0696. The third-order valence-electron chi connectivity index (χ3n) is 2.44. The zero-order valence-corrected chi connectivity index (χ0v) is 12.1. The standard InChI is InChI=1S/C13H7Br2FO2/c14-8-2-4-12(16)9(6-8)7-1-3-11(15)10(5-7)13(17)18/h1-6H,(H,17,18). The highest BCUT2D eigenvalue weighted by Crippen LogP contribution is 2.29. The van der Waals surface area contributed by atoms with Crippen molar-refractivity contribution in [2.75, 3.05) is 0 Å². The number of halogens is 3. The van der Waals surface area contributed by atoms with Crippen LogP contribution in [-0.2, 0) is 0 Å². The van der Waals surface area contributed by atoms with E-state index in [1.165, 1.54) is 12.1 Å². The van der Waals surface area contributed by atoms with Crippen LogP contribution in [0.2, 0.25) is 0 Å². The Hall–Kier alpha value is -1.20. The third-order valence-corrected chi connectivity index (χ3v) is 3.62. The number of carboxylic acid groups (broad SMARTS) is 1. The van der Waals surface area contributed by atoms with Crippen molar-refractivity contribution in [1.82, 2.24) is 0 Å². The van der Waals surface area contributed by atoms with Gasteiger partial charge in [0.1, 0.15) is 5.82 Å². The van der Waals surface area contributed by atoms with Gasteiger partial charge in [-0.1, -0.05) is 22.0 Å². The minimum atomic E-state index is -1.06. The topological polar surface area (TPSA) is 37.3 Å². The van der Waals surface area contributed by atoms with E-state index in [-0.39, 0.29) is 5.56 Å². The van der Waals surface area contributed by atoms with Crippen molar-refractivity contribution in [2.45, 2.75) is 0 Å². The summed E-state index contributed by atoms with van der Waals surface area (Å²) in [6, 6.07) is 9.25. The predicted octanol–water partition coefficient (Wildman–Crippen LogP) is 4.72. The lowest BCUT2D eigenvalue weighted by Gasteiger charge is -2.07. The van der Waals surface area contributed by atoms with Gasteiger partial charge >= 0.3 is 5.97 Å². The van der Waals surface area contributed by atoms with Crippen LogP contribution in [0.25, 0.3) is 11.1 Å². The van der Waals surface area contributed by atoms with Crippen molar-refractivity contribution in [3.63, 3.8) is 0 Å². The fraction of sp³-hybridized carbons (Fsp3) is 0. The molecule has 0 saturated heterocycles. The molecule has 0 aliphatic rings. The number of benzene rings is 2. The molecule has 0 heterocycles. The lowest BCUT2D eigenvalue weighted by Crippen LogP contribution is -1.98. The average Bonchev–Trinajstić information content (AvgIpc) is 2.33. The molecule has 92 valence electrons. The summed E-state index contributed by atoms with van der Waals surface area (Å²) in [5.74, 6) is -1.45. The molecule has 2 aromatic carbocycles. The van der Waals surface area contributed by atoms with E-state index in [2.05, 4.69) is 31.9 Å². The van der Waals surface area contributed by atoms with Crippen molar-refractivity contribution in [2.24, 2.45) is 0 Å². The Balaban J connectivity index is 2.61. The Kier molecular flexibility index (Phi) is 3.82. The number of hydrogen-bond acceptors (Lipinski definition) is 1. The molecule has 0 spiro atoms. The van der Waals surface area contributed by atoms with Crippen molar-refractivity contribution in [1.29, 1.82) is 0 Å². The minimum Gasteiger partial charge on any atom is -0.478 e. The van der Waals surface area contributed by atoms with Gasteiger partial charge < -0.3 is 5.11 Å². The van der Waals surface area contributed by atoms with E-state index < -0.39 is 11.8 Å². The van der Waals surface area contributed by atoms with E-state index in [0.29, 0.717) is 15.6 Å². The van der Waals surface area contributed by atoms with Crippen molar-refractivity contribution in [3.8, 4) is 11.1 Å². The van der Waals surface area contributed by atoms with Gasteiger partial charge in [-0.2, -0.15) is 0 Å². The Labute approximate surface area is 120 Å². The van der Waals surface area contributed by atoms with E-state index >= 15 is 0 Å². The van der Waals surface area contributed by atoms with E-state index in [1.807, 2.05) is 0 Å². The van der Waals surface area contributed by atoms with Gasteiger partial charge in [0.2, 0.25) is 0 Å². The second-order valence-corrected chi connectivity index (χ2v) is 5.39. The third kappa shape index (κ3) is 2.62. The molecule has 0 aromatic heterocycles. The SMILES string of the molecule is O=C(O)c1cc(-c2cc(Br)ccc2F)ccc1Br. The summed E-state index contributed by atoms with van der Waals surface area (Å²) in [5.41, 5.74) is 0.987. The summed E-state index contributed by atoms with van der Waals surface area (Å²) in [7, 11) is 0. The van der Waals surface area contributed by atoms with Crippen LogP contribution in [0, 0.1) is 5.82 Å². The molecule has 0 amide bonds. The fourth-order valence-electron chi connectivity index (χ4n) is 1.58. The highest BCUT2D eigenvalue weighted by molar-refractivity contribution is 9.10. The normalized spacial score (nSPS) is 10.4. The van der Waals surface area contributed by atoms with Gasteiger partial charge in [-0.25, -0.2) is 9.18 Å². The maximum atomic E-state index is 13.7. The van der Waals surface area contributed by atoms with Crippen LogP contribution in [0.15, 0.2) is 45.3 Å². The van der Waals surface area contributed by atoms with Crippen LogP contribution in [-0.4, -0.2) is 11.1 Å². The quantitative estimate of drug-likeness (QED) is 0.827. The molecular weight excluding hydrogens is 367 g/mol. The van der Waals surface area contributed by atoms with Crippen LogP contribution >= 0.6 is 31.9 Å². The van der Waals surface area contributed by atoms with E-state index in [9.17, 15) is 9.18 Å². The van der Waals surface area contributed by atoms with Crippen molar-refractivity contribution in [3.05, 3.63) is 56.7 Å². The zero-order valence-electron chi connectivity index (χ0n) is 8.95. The number of carboxylic acids is 1. The largest absolute Gasteiger partial charge is 0.478 e. The molecule has 5 heteroatoms. The second-order valence-electron chi connectivity index (χ2n) is 3.62. The highest BCUT2D eigenvalue weighted by Gasteiger charge is 2.12. The summed E-state index contributed by atoms with van der Waals surface area (Å²) in [6.45, 7) is 0. The van der Waals surface area contributed by atoms with E-state index in [1.54, 1.807) is 24.3 Å². The molecule has 2 aromatic rings. The number of aromatic carboxylic acids is 1. The molecule has 18 heavy (non-hydrogen) atoms. The summed E-state index contributed by atoms with van der Waals surface area (Å²) in [4.78, 5) is 11.0. The molecule has 0 fully saturated rings. The molecule has 2 nitrogen and oxygen atoms in total. The smallest absolute Gasteiger partial charge is 0.336 e. The first-order valence-corrected chi connectivity index (χ1v) is 6.56. The first kappa shape index (κ1) is 13.2. The van der Waals surface area contributed by atoms with Gasteiger partial charge in [0.25, 0.3) is 0 Å². The number of carbonyl (C=O) groups is 1. The van der Waals surface area contributed by atoms with Crippen molar-refractivity contribution < 1.29 is 14.3 Å². The summed E-state index contributed by atoms with van der Waals surface area (Å²) < 4.78 is 14.9. The zero-order chi connectivity index (χ0) is 13.3. The van der Waals surface area contributed by atoms with Gasteiger partial charge in [-0.05, 0) is 51.8 Å². The summed E-state index contributed by atoms with van der Waals surface area (Å²) in [5, 5.41) is 9.03. The molecule has 0 bridgehead atoms. The molecule has 0 atom stereocenters. The Morgan fingerprint density at radius 2 is 1.83 bits per heavy atom. The van der Waals surface area contributed by atoms with Crippen LogP contribution < -0.4 is 0 Å². The molecule has 0 aliphatic heterocycles. The van der Waals surface area contributed by atoms with Crippen molar-refractivity contribution >= 4 is 37.8 Å². The molecule has 0 aliphatic carbocycles. The van der Waals surface area contributed by atoms with Crippen LogP contribution in [0.1, 0.15) is 10.4 Å². The highest BCUT2D eigenvalue weighted by atomic mass is 79.9. The van der Waals surface area contributed by atoms with Gasteiger partial charge in [0, 0.05) is 14.5 Å². The fourth-order valence-corrected chi connectivity index (χ4v) is 2.35. The number of hydrogen-bond donors (Lipinski definition) is 1. The first-order chi connectivity index (χ1) is 8.49. The van der Waals surface area contributed by atoms with E-state index in [4.69, 9.17) is 5.11 Å². The monoisotopic (exact) mass is 372 g/mol. The van der Waals surface area contributed by atoms with Gasteiger partial charge in [-0.15, -0.1) is 0 Å². The Morgan fingerprint density at radius 1 is 1.11 bits per heavy atom. The summed E-state index contributed by atoms with van der Waals surface area (Å²) in [6.07, 6.45) is 0. The Morgan fingerprint density at radius 3 is 2.50 bits per heavy atom. The molecule has 0 unspecified atom stereocenters. The van der Waals surface area contributed by atoms with Gasteiger partial charge in [-0.3, -0.25) is 0 Å². The lowest BCUT2D eigenvalue weighted by atomic mass is 10.0. The molecule has 0 radical (unpaired) electrons. The van der Waals surface area contributed by atoms with Crippen LogP contribution in [0.4, 0.5) is 4.39 Å². The van der Waals surface area contributed by atoms with Crippen LogP contribution in [0.3, 0.4) is 0 Å². The molecule has 0 saturated carbocycles. The average molecular weight is 374 g/mol. The summed E-state index contributed by atoms with van der Waals surface area (Å²) >= 11 is 6.42. The van der Waals surface area contributed by atoms with Gasteiger partial charge in [0.15, 0.2) is 0 Å². The predicted molar refractivity (Wildman–Crippen MR) is 74.2 cm³/mol. The molecule has 1 N–H and O–H groups in total. The molecule has 2 rings (SSSR count). The second kappa shape index (κ2) is 5.20. The van der Waals surface area contributed by atoms with Crippen LogP contribution in [0.5, 0.6) is 0 Å². The van der Waals surface area contributed by atoms with Gasteiger partial charge in [0.05, 0.1) is 5.56 Å².